The summed E-state index contributed by atoms with van der Waals surface area (Å²) in [7, 11) is 0. The van der Waals surface area contributed by atoms with Crippen molar-refractivity contribution in [1.29, 1.82) is 0 Å². The van der Waals surface area contributed by atoms with Crippen LogP contribution in [0.4, 0.5) is 0 Å². The molecule has 1 saturated heterocycles. The molecule has 0 saturated carbocycles. The molecule has 1 aliphatic rings. The summed E-state index contributed by atoms with van der Waals surface area (Å²) in [6.45, 7) is 1.89. The molecule has 0 amide bonds. The average molecular weight is 450 g/mol. The van der Waals surface area contributed by atoms with Gasteiger partial charge in [-0.15, -0.1) is 0 Å². The normalized spacial score (nSPS) is 14.4. The van der Waals surface area contributed by atoms with Crippen molar-refractivity contribution >= 4 is 16.7 Å². The molecule has 0 aliphatic carbocycles. The molecular weight excluding hydrogens is 428 g/mol. The number of carboxylic acid groups (broad SMARTS) is 1. The third kappa shape index (κ3) is 3.66. The molecule has 0 atom stereocenters. The van der Waals surface area contributed by atoms with E-state index < -0.39 is 5.97 Å². The molecule has 0 radical (unpaired) electrons. The Bertz CT molecular complexity index is 1470. The van der Waals surface area contributed by atoms with Gasteiger partial charge in [-0.3, -0.25) is 9.69 Å². The number of fused-ring (bicyclic) bond motifs is 1. The van der Waals surface area contributed by atoms with Gasteiger partial charge in [-0.2, -0.15) is 4.98 Å². The number of nitrogens with one attached hydrogen (secondary N) is 1. The van der Waals surface area contributed by atoms with Crippen LogP contribution in [0.25, 0.3) is 44.9 Å². The second kappa shape index (κ2) is 8.28. The highest BCUT2D eigenvalue weighted by Gasteiger charge is 2.32. The summed E-state index contributed by atoms with van der Waals surface area (Å²) in [5.74, 6) is 0.0334. The molecule has 168 valence electrons. The number of likely N-dealkylation sites (tertiary alicyclic amines) is 1. The Hall–Kier alpha value is -4.23. The van der Waals surface area contributed by atoms with Crippen LogP contribution in [-0.4, -0.2) is 44.2 Å². The minimum atomic E-state index is -0.719. The lowest BCUT2D eigenvalue weighted by Crippen LogP contribution is -2.49. The summed E-state index contributed by atoms with van der Waals surface area (Å²) < 4.78 is 5.61. The molecule has 1 aliphatic heterocycles. The van der Waals surface area contributed by atoms with Crippen LogP contribution >= 0.6 is 0 Å². The highest BCUT2D eigenvalue weighted by atomic mass is 16.5. The van der Waals surface area contributed by atoms with E-state index in [9.17, 15) is 4.79 Å². The van der Waals surface area contributed by atoms with Crippen molar-refractivity contribution in [3.63, 3.8) is 0 Å². The van der Waals surface area contributed by atoms with E-state index in [2.05, 4.69) is 38.2 Å². The molecule has 2 aromatic heterocycles. The van der Waals surface area contributed by atoms with Crippen molar-refractivity contribution in [3.05, 3.63) is 84.6 Å². The maximum atomic E-state index is 11.1. The van der Waals surface area contributed by atoms with Crippen LogP contribution in [-0.2, 0) is 11.3 Å². The first kappa shape index (κ1) is 20.4. The molecule has 7 nitrogen and oxygen atoms in total. The first-order chi connectivity index (χ1) is 16.7. The minimum absolute atomic E-state index is 0.264. The second-order valence-electron chi connectivity index (χ2n) is 8.63. The quantitative estimate of drug-likeness (QED) is 0.375. The van der Waals surface area contributed by atoms with Crippen molar-refractivity contribution < 1.29 is 14.4 Å². The van der Waals surface area contributed by atoms with Gasteiger partial charge in [0, 0.05) is 42.7 Å². The monoisotopic (exact) mass is 450 g/mol. The average Bonchev–Trinajstić information content (AvgIpc) is 3.54. The van der Waals surface area contributed by atoms with E-state index in [0.717, 1.165) is 45.3 Å². The molecule has 0 bridgehead atoms. The van der Waals surface area contributed by atoms with E-state index in [-0.39, 0.29) is 5.92 Å². The molecule has 34 heavy (non-hydrogen) atoms. The van der Waals surface area contributed by atoms with E-state index >= 15 is 0 Å². The minimum Gasteiger partial charge on any atom is -0.481 e. The van der Waals surface area contributed by atoms with Gasteiger partial charge in [-0.05, 0) is 46.2 Å². The predicted molar refractivity (Wildman–Crippen MR) is 129 cm³/mol. The summed E-state index contributed by atoms with van der Waals surface area (Å²) in [6, 6.07) is 24.3. The topological polar surface area (TPSA) is 95.2 Å². The fourth-order valence-electron chi connectivity index (χ4n) is 4.54. The summed E-state index contributed by atoms with van der Waals surface area (Å²) in [5.41, 5.74) is 5.07. The van der Waals surface area contributed by atoms with Gasteiger partial charge in [0.05, 0.1) is 5.92 Å². The molecule has 1 fully saturated rings. The van der Waals surface area contributed by atoms with Crippen molar-refractivity contribution in [2.75, 3.05) is 13.1 Å². The summed E-state index contributed by atoms with van der Waals surface area (Å²) in [5, 5.41) is 15.6. The number of nitrogens with zero attached hydrogens (tertiary/aromatic N) is 3. The van der Waals surface area contributed by atoms with Gasteiger partial charge in [-0.25, -0.2) is 0 Å². The van der Waals surface area contributed by atoms with Crippen LogP contribution in [0, 0.1) is 5.92 Å². The number of carboxylic acids is 1. The molecule has 3 heterocycles. The highest BCUT2D eigenvalue weighted by Crippen LogP contribution is 2.32. The smallest absolute Gasteiger partial charge is 0.309 e. The predicted octanol–water partition coefficient (Wildman–Crippen LogP) is 5.07. The maximum Gasteiger partial charge on any atom is 0.309 e. The molecule has 2 N–H and O–H groups in total. The highest BCUT2D eigenvalue weighted by molar-refractivity contribution is 5.97. The molecule has 3 aromatic carbocycles. The van der Waals surface area contributed by atoms with Gasteiger partial charge < -0.3 is 14.6 Å². The second-order valence-corrected chi connectivity index (χ2v) is 8.63. The summed E-state index contributed by atoms with van der Waals surface area (Å²) in [6.07, 6.45) is 1.90. The molecule has 5 aromatic rings. The van der Waals surface area contributed by atoms with Crippen molar-refractivity contribution in [3.8, 4) is 34.1 Å². The number of benzene rings is 3. The first-order valence-electron chi connectivity index (χ1n) is 11.2. The third-order valence-electron chi connectivity index (χ3n) is 6.42. The van der Waals surface area contributed by atoms with Gasteiger partial charge in [0.1, 0.15) is 0 Å². The fourth-order valence-corrected chi connectivity index (χ4v) is 4.54. The van der Waals surface area contributed by atoms with Gasteiger partial charge >= 0.3 is 5.97 Å². The largest absolute Gasteiger partial charge is 0.481 e. The van der Waals surface area contributed by atoms with Crippen molar-refractivity contribution in [2.24, 2.45) is 5.92 Å². The van der Waals surface area contributed by atoms with Gasteiger partial charge in [0.15, 0.2) is 0 Å². The Morgan fingerprint density at radius 1 is 0.971 bits per heavy atom. The van der Waals surface area contributed by atoms with Crippen LogP contribution in [0.15, 0.2) is 83.5 Å². The van der Waals surface area contributed by atoms with Crippen LogP contribution in [0.5, 0.6) is 0 Å². The third-order valence-corrected chi connectivity index (χ3v) is 6.42. The van der Waals surface area contributed by atoms with Crippen LogP contribution in [0.1, 0.15) is 5.56 Å². The van der Waals surface area contributed by atoms with Crippen molar-refractivity contribution in [1.82, 2.24) is 20.0 Å². The number of hydrogen-bond acceptors (Lipinski definition) is 5. The van der Waals surface area contributed by atoms with Crippen molar-refractivity contribution in [2.45, 2.75) is 6.54 Å². The van der Waals surface area contributed by atoms with Gasteiger partial charge in [-0.1, -0.05) is 53.7 Å². The van der Waals surface area contributed by atoms with E-state index in [1.807, 2.05) is 60.8 Å². The number of hydrogen-bond donors (Lipinski definition) is 2. The molecular formula is C27H22N4O3. The first-order valence-corrected chi connectivity index (χ1v) is 11.2. The zero-order chi connectivity index (χ0) is 23.1. The Kier molecular flexibility index (Phi) is 4.96. The Balaban J connectivity index is 1.28. The number of aliphatic carboxylic acids is 1. The van der Waals surface area contributed by atoms with Crippen LogP contribution in [0.2, 0.25) is 0 Å². The maximum absolute atomic E-state index is 11.1. The lowest BCUT2D eigenvalue weighted by Gasteiger charge is -2.36. The number of carbonyl (C=O) groups is 1. The van der Waals surface area contributed by atoms with E-state index in [4.69, 9.17) is 9.63 Å². The van der Waals surface area contributed by atoms with Crippen LogP contribution in [0.3, 0.4) is 0 Å². The van der Waals surface area contributed by atoms with E-state index in [1.54, 1.807) is 0 Å². The SMILES string of the molecule is O=C(O)C1CN(Cc2ccc(-c3noc(-c4ccc(-c5ccc[nH]5)cc4)n3)c3ccccc23)C1. The van der Waals surface area contributed by atoms with E-state index in [0.29, 0.717) is 24.8 Å². The number of rotatable bonds is 6. The molecule has 6 rings (SSSR count). The summed E-state index contributed by atoms with van der Waals surface area (Å²) in [4.78, 5) is 21.2. The lowest BCUT2D eigenvalue weighted by molar-refractivity contribution is -0.147. The van der Waals surface area contributed by atoms with Gasteiger partial charge in [0.2, 0.25) is 5.82 Å². The zero-order valence-corrected chi connectivity index (χ0v) is 18.3. The number of aromatic amines is 1. The lowest BCUT2D eigenvalue weighted by atomic mass is 9.95. The Morgan fingerprint density at radius 2 is 1.74 bits per heavy atom. The Morgan fingerprint density at radius 3 is 2.47 bits per heavy atom. The molecule has 0 unspecified atom stereocenters. The van der Waals surface area contributed by atoms with Gasteiger partial charge in [0.25, 0.3) is 5.89 Å². The molecule has 0 spiro atoms. The summed E-state index contributed by atoms with van der Waals surface area (Å²) >= 11 is 0. The number of H-pyrrole nitrogens is 1. The fraction of sp³-hybridized carbons (Fsp3) is 0.148. The van der Waals surface area contributed by atoms with E-state index in [1.165, 1.54) is 0 Å². The molecule has 7 heteroatoms. The standard InChI is InChI=1S/C27H22N4O3/c32-27(33)20-15-31(16-20)14-19-11-12-23(22-5-2-1-4-21(19)22)25-29-26(34-30-25)18-9-7-17(8-10-18)24-6-3-13-28-24/h1-13,20,28H,14-16H2,(H,32,33). The zero-order valence-electron chi connectivity index (χ0n) is 18.3. The Labute approximate surface area is 195 Å². The number of aromatic nitrogens is 3. The van der Waals surface area contributed by atoms with Crippen LogP contribution < -0.4 is 0 Å².